The number of hydrogen-bond acceptors (Lipinski definition) is 6. The second-order valence-corrected chi connectivity index (χ2v) is 8.80. The molecule has 2 aliphatic heterocycles. The Bertz CT molecular complexity index is 1000. The van der Waals surface area contributed by atoms with Crippen molar-refractivity contribution in [1.29, 1.82) is 0 Å². The molecule has 0 aliphatic carbocycles. The summed E-state index contributed by atoms with van der Waals surface area (Å²) in [5.74, 6) is -0.0379. The van der Waals surface area contributed by atoms with Gasteiger partial charge in [0.05, 0.1) is 22.2 Å². The number of carbonyl (C=O) groups is 1. The lowest BCUT2D eigenvalue weighted by Crippen LogP contribution is -2.27. The maximum atomic E-state index is 12.4. The van der Waals surface area contributed by atoms with Gasteiger partial charge in [-0.2, -0.15) is 0 Å². The third-order valence-electron chi connectivity index (χ3n) is 4.50. The number of allylic oxidation sites excluding steroid dienone is 2. The summed E-state index contributed by atoms with van der Waals surface area (Å²) in [7, 11) is 0. The molecule has 4 nitrogen and oxygen atoms in total. The average Bonchev–Trinajstić information content (AvgIpc) is 3.17. The van der Waals surface area contributed by atoms with E-state index in [9.17, 15) is 9.90 Å². The minimum atomic E-state index is -0.0379. The normalized spacial score (nSPS) is 19.8. The summed E-state index contributed by atoms with van der Waals surface area (Å²) >= 11 is 8.27. The predicted molar refractivity (Wildman–Crippen MR) is 118 cm³/mol. The standard InChI is InChI=1S/C20H18N2O2S3/c1-2-21-19(24)16(27-20(21)25)9-10-17-22(11-12-23)18-14-6-4-3-5-13(14)7-8-15(18)26-17/h3-10,23H,2,11-12H2,1H3/b16-9-,17-10+. The van der Waals surface area contributed by atoms with Crippen LogP contribution >= 0.6 is 35.7 Å². The fraction of sp³-hybridized carbons (Fsp3) is 0.200. The van der Waals surface area contributed by atoms with Crippen LogP contribution < -0.4 is 4.90 Å². The van der Waals surface area contributed by atoms with E-state index in [1.807, 2.05) is 31.2 Å². The molecule has 1 fully saturated rings. The second-order valence-electron chi connectivity index (χ2n) is 6.06. The molecule has 0 aromatic heterocycles. The maximum absolute atomic E-state index is 12.4. The molecule has 2 aromatic carbocycles. The number of aliphatic hydroxyl groups is 1. The number of thiocarbonyl (C=S) groups is 1. The number of benzene rings is 2. The number of nitrogens with zero attached hydrogens (tertiary/aromatic N) is 2. The zero-order valence-electron chi connectivity index (χ0n) is 14.7. The summed E-state index contributed by atoms with van der Waals surface area (Å²) < 4.78 is 0.604. The van der Waals surface area contributed by atoms with Crippen molar-refractivity contribution >= 4 is 62.4 Å². The van der Waals surface area contributed by atoms with E-state index < -0.39 is 0 Å². The Morgan fingerprint density at radius 1 is 1.11 bits per heavy atom. The van der Waals surface area contributed by atoms with Gasteiger partial charge in [-0.3, -0.25) is 9.69 Å². The van der Waals surface area contributed by atoms with E-state index in [4.69, 9.17) is 12.2 Å². The third-order valence-corrected chi connectivity index (χ3v) is 7.02. The molecule has 1 N–H and O–H groups in total. The van der Waals surface area contributed by atoms with Gasteiger partial charge in [-0.15, -0.1) is 0 Å². The van der Waals surface area contributed by atoms with E-state index in [-0.39, 0.29) is 12.5 Å². The number of β-amino-alcohol motifs (C(OH)–C–C–N with tert-alkyl or cyclic N) is 1. The second kappa shape index (κ2) is 7.67. The van der Waals surface area contributed by atoms with Crippen LogP contribution in [0.15, 0.2) is 63.4 Å². The zero-order chi connectivity index (χ0) is 19.0. The Kier molecular flexibility index (Phi) is 5.27. The van der Waals surface area contributed by atoms with Crippen molar-refractivity contribution in [3.63, 3.8) is 0 Å². The number of amides is 1. The Labute approximate surface area is 171 Å². The summed E-state index contributed by atoms with van der Waals surface area (Å²) in [6.45, 7) is 3.06. The fourth-order valence-corrected chi connectivity index (χ4v) is 5.69. The van der Waals surface area contributed by atoms with Gasteiger partial charge in [-0.1, -0.05) is 66.1 Å². The van der Waals surface area contributed by atoms with Gasteiger partial charge in [0.1, 0.15) is 4.32 Å². The van der Waals surface area contributed by atoms with Gasteiger partial charge in [-0.25, -0.2) is 0 Å². The van der Waals surface area contributed by atoms with Crippen molar-refractivity contribution in [3.05, 3.63) is 58.5 Å². The monoisotopic (exact) mass is 414 g/mol. The van der Waals surface area contributed by atoms with Crippen LogP contribution in [-0.2, 0) is 4.79 Å². The highest BCUT2D eigenvalue weighted by Gasteiger charge is 2.31. The van der Waals surface area contributed by atoms with Gasteiger partial charge in [-0.05, 0) is 30.5 Å². The quantitative estimate of drug-likeness (QED) is 0.593. The Balaban J connectivity index is 1.72. The molecule has 2 heterocycles. The number of fused-ring (bicyclic) bond motifs is 3. The molecular weight excluding hydrogens is 396 g/mol. The Morgan fingerprint density at radius 2 is 1.93 bits per heavy atom. The van der Waals surface area contributed by atoms with Crippen molar-refractivity contribution in [2.24, 2.45) is 0 Å². The van der Waals surface area contributed by atoms with Gasteiger partial charge in [0, 0.05) is 23.4 Å². The number of aliphatic hydroxyl groups excluding tert-OH is 1. The van der Waals surface area contributed by atoms with Gasteiger partial charge in [0.15, 0.2) is 0 Å². The number of anilines is 1. The predicted octanol–water partition coefficient (Wildman–Crippen LogP) is 4.35. The SMILES string of the molecule is CCN1C(=O)/C(=C/C=C2/Sc3ccc4ccccc4c3N2CCO)SC1=S. The fourth-order valence-electron chi connectivity index (χ4n) is 3.25. The van der Waals surface area contributed by atoms with Crippen molar-refractivity contribution in [2.75, 3.05) is 24.6 Å². The molecule has 2 aliphatic rings. The molecule has 1 amide bonds. The number of likely N-dealkylation sites (N-methyl/N-ethyl adjacent to an activating group) is 1. The molecule has 7 heteroatoms. The minimum Gasteiger partial charge on any atom is -0.395 e. The van der Waals surface area contributed by atoms with E-state index in [1.54, 1.807) is 16.7 Å². The molecule has 0 spiro atoms. The summed E-state index contributed by atoms with van der Waals surface area (Å²) in [4.78, 5) is 17.9. The van der Waals surface area contributed by atoms with Crippen LogP contribution in [-0.4, -0.2) is 39.9 Å². The first-order valence-electron chi connectivity index (χ1n) is 8.67. The molecule has 4 rings (SSSR count). The molecule has 0 atom stereocenters. The van der Waals surface area contributed by atoms with Gasteiger partial charge in [0.2, 0.25) is 0 Å². The van der Waals surface area contributed by atoms with Gasteiger partial charge < -0.3 is 10.0 Å². The Hall–Kier alpha value is -1.80. The smallest absolute Gasteiger partial charge is 0.266 e. The van der Waals surface area contributed by atoms with Crippen LogP contribution in [0.3, 0.4) is 0 Å². The highest BCUT2D eigenvalue weighted by molar-refractivity contribution is 8.26. The van der Waals surface area contributed by atoms with Gasteiger partial charge >= 0.3 is 0 Å². The molecular formula is C20H18N2O2S3. The van der Waals surface area contributed by atoms with Crippen LogP contribution in [0.2, 0.25) is 0 Å². The first-order chi connectivity index (χ1) is 13.1. The number of carbonyl (C=O) groups excluding carboxylic acids is 1. The molecule has 0 bridgehead atoms. The minimum absolute atomic E-state index is 0.0379. The lowest BCUT2D eigenvalue weighted by Gasteiger charge is -2.20. The highest BCUT2D eigenvalue weighted by Crippen LogP contribution is 2.49. The summed E-state index contributed by atoms with van der Waals surface area (Å²) in [6.07, 6.45) is 3.80. The lowest BCUT2D eigenvalue weighted by molar-refractivity contribution is -0.122. The molecule has 0 radical (unpaired) electrons. The van der Waals surface area contributed by atoms with Crippen molar-refractivity contribution in [2.45, 2.75) is 11.8 Å². The molecule has 1 saturated heterocycles. The zero-order valence-corrected chi connectivity index (χ0v) is 17.2. The molecule has 0 saturated carbocycles. The Morgan fingerprint density at radius 3 is 2.67 bits per heavy atom. The lowest BCUT2D eigenvalue weighted by atomic mass is 10.1. The summed E-state index contributed by atoms with van der Waals surface area (Å²) in [5.41, 5.74) is 1.12. The average molecular weight is 415 g/mol. The number of thioether (sulfide) groups is 2. The molecule has 27 heavy (non-hydrogen) atoms. The van der Waals surface area contributed by atoms with Crippen LogP contribution in [0, 0.1) is 0 Å². The van der Waals surface area contributed by atoms with Crippen molar-refractivity contribution in [3.8, 4) is 0 Å². The summed E-state index contributed by atoms with van der Waals surface area (Å²) in [6, 6.07) is 12.5. The maximum Gasteiger partial charge on any atom is 0.266 e. The number of hydrogen-bond donors (Lipinski definition) is 1. The van der Waals surface area contributed by atoms with Crippen LogP contribution in [0.25, 0.3) is 10.8 Å². The van der Waals surface area contributed by atoms with Crippen LogP contribution in [0.1, 0.15) is 6.92 Å². The first-order valence-corrected chi connectivity index (χ1v) is 10.7. The highest BCUT2D eigenvalue weighted by atomic mass is 32.2. The van der Waals surface area contributed by atoms with Gasteiger partial charge in [0.25, 0.3) is 5.91 Å². The molecule has 2 aromatic rings. The third kappa shape index (κ3) is 3.29. The van der Waals surface area contributed by atoms with Crippen molar-refractivity contribution in [1.82, 2.24) is 4.90 Å². The van der Waals surface area contributed by atoms with E-state index >= 15 is 0 Å². The summed E-state index contributed by atoms with van der Waals surface area (Å²) in [5, 5.41) is 12.9. The number of rotatable bonds is 4. The topological polar surface area (TPSA) is 43.8 Å². The van der Waals surface area contributed by atoms with Crippen LogP contribution in [0.4, 0.5) is 5.69 Å². The van der Waals surface area contributed by atoms with E-state index in [2.05, 4.69) is 29.2 Å². The molecule has 0 unspecified atom stereocenters. The van der Waals surface area contributed by atoms with Crippen LogP contribution in [0.5, 0.6) is 0 Å². The molecule has 138 valence electrons. The van der Waals surface area contributed by atoms with E-state index in [0.717, 1.165) is 21.0 Å². The van der Waals surface area contributed by atoms with E-state index in [0.29, 0.717) is 22.3 Å². The van der Waals surface area contributed by atoms with Crippen molar-refractivity contribution < 1.29 is 9.90 Å². The first kappa shape index (κ1) is 18.6. The largest absolute Gasteiger partial charge is 0.395 e. The van der Waals surface area contributed by atoms with E-state index in [1.165, 1.54) is 17.1 Å².